The van der Waals surface area contributed by atoms with E-state index in [1.54, 1.807) is 45.3 Å². The van der Waals surface area contributed by atoms with Crippen LogP contribution in [0.5, 0.6) is 17.2 Å². The number of benzene rings is 1. The molecule has 7 heteroatoms. The van der Waals surface area contributed by atoms with E-state index in [1.807, 2.05) is 0 Å². The zero-order chi connectivity index (χ0) is 19.0. The second-order valence-corrected chi connectivity index (χ2v) is 5.96. The zero-order valence-corrected chi connectivity index (χ0v) is 15.0. The third kappa shape index (κ3) is 2.56. The number of aromatic nitrogens is 1. The number of fused-ring (bicyclic) bond motifs is 1. The molecule has 0 radical (unpaired) electrons. The standard InChI is InChI=1S/C19H19N3O4/c1-10-7-15-17(19(23)22(10)2)16(13(9-20)18(21)26-15)12-6-5-11(24-3)8-14(12)25-4/h5-8,16H,21H2,1-4H3/t16-/m1/s1. The maximum atomic E-state index is 13.0. The molecule has 1 aliphatic rings. The van der Waals surface area contributed by atoms with Crippen LogP contribution in [0.1, 0.15) is 22.7 Å². The Hall–Kier alpha value is -3.40. The van der Waals surface area contributed by atoms with E-state index in [4.69, 9.17) is 19.9 Å². The first-order chi connectivity index (χ1) is 12.4. The number of ether oxygens (including phenoxy) is 3. The Morgan fingerprint density at radius 2 is 2.00 bits per heavy atom. The van der Waals surface area contributed by atoms with Gasteiger partial charge in [-0.2, -0.15) is 5.26 Å². The van der Waals surface area contributed by atoms with Gasteiger partial charge in [0.1, 0.15) is 28.9 Å². The third-order valence-electron chi connectivity index (χ3n) is 4.60. The molecule has 26 heavy (non-hydrogen) atoms. The Labute approximate surface area is 150 Å². The van der Waals surface area contributed by atoms with Crippen molar-refractivity contribution in [2.24, 2.45) is 12.8 Å². The van der Waals surface area contributed by atoms with Crippen molar-refractivity contribution in [2.45, 2.75) is 12.8 Å². The first-order valence-electron chi connectivity index (χ1n) is 7.93. The minimum absolute atomic E-state index is 0.0180. The number of allylic oxidation sites excluding steroid dienone is 1. The smallest absolute Gasteiger partial charge is 0.258 e. The molecule has 0 aliphatic carbocycles. The predicted molar refractivity (Wildman–Crippen MR) is 95.3 cm³/mol. The first kappa shape index (κ1) is 17.4. The maximum Gasteiger partial charge on any atom is 0.258 e. The van der Waals surface area contributed by atoms with Gasteiger partial charge in [-0.25, -0.2) is 0 Å². The van der Waals surface area contributed by atoms with Crippen molar-refractivity contribution in [1.82, 2.24) is 4.57 Å². The molecule has 2 aromatic rings. The first-order valence-corrected chi connectivity index (χ1v) is 7.93. The van der Waals surface area contributed by atoms with Crippen LogP contribution in [0.25, 0.3) is 0 Å². The Morgan fingerprint density at radius 1 is 1.27 bits per heavy atom. The largest absolute Gasteiger partial charge is 0.497 e. The topological polar surface area (TPSA) is 99.5 Å². The summed E-state index contributed by atoms with van der Waals surface area (Å²) in [5.41, 5.74) is 7.62. The molecule has 1 aromatic heterocycles. The van der Waals surface area contributed by atoms with Gasteiger partial charge in [0.2, 0.25) is 5.88 Å². The lowest BCUT2D eigenvalue weighted by Gasteiger charge is -2.27. The van der Waals surface area contributed by atoms with E-state index in [2.05, 4.69) is 6.07 Å². The van der Waals surface area contributed by atoms with Gasteiger partial charge in [0.15, 0.2) is 0 Å². The highest BCUT2D eigenvalue weighted by atomic mass is 16.5. The fourth-order valence-corrected chi connectivity index (χ4v) is 3.11. The quantitative estimate of drug-likeness (QED) is 0.905. The summed E-state index contributed by atoms with van der Waals surface area (Å²) in [5, 5.41) is 9.66. The Kier molecular flexibility index (Phi) is 4.34. The van der Waals surface area contributed by atoms with E-state index in [0.717, 1.165) is 5.69 Å². The molecule has 0 saturated heterocycles. The molecule has 0 saturated carbocycles. The lowest BCUT2D eigenvalue weighted by molar-refractivity contribution is 0.379. The van der Waals surface area contributed by atoms with Crippen LogP contribution >= 0.6 is 0 Å². The van der Waals surface area contributed by atoms with Crippen molar-refractivity contribution in [2.75, 3.05) is 14.2 Å². The van der Waals surface area contributed by atoms with Crippen LogP contribution in [0.15, 0.2) is 40.5 Å². The predicted octanol–water partition coefficient (Wildman–Crippen LogP) is 1.93. The summed E-state index contributed by atoms with van der Waals surface area (Å²) < 4.78 is 17.8. The summed E-state index contributed by atoms with van der Waals surface area (Å²) >= 11 is 0. The summed E-state index contributed by atoms with van der Waals surface area (Å²) in [5.74, 6) is 0.736. The lowest BCUT2D eigenvalue weighted by Crippen LogP contribution is -2.31. The van der Waals surface area contributed by atoms with Crippen molar-refractivity contribution >= 4 is 0 Å². The molecule has 1 aliphatic heterocycles. The Balaban J connectivity index is 2.35. The van der Waals surface area contributed by atoms with E-state index in [0.29, 0.717) is 28.4 Å². The molecule has 0 bridgehead atoms. The average molecular weight is 353 g/mol. The molecule has 0 fully saturated rings. The van der Waals surface area contributed by atoms with Crippen molar-refractivity contribution in [1.29, 1.82) is 5.26 Å². The monoisotopic (exact) mass is 353 g/mol. The van der Waals surface area contributed by atoms with Gasteiger partial charge in [-0.05, 0) is 13.0 Å². The zero-order valence-electron chi connectivity index (χ0n) is 15.0. The number of rotatable bonds is 3. The van der Waals surface area contributed by atoms with E-state index < -0.39 is 5.92 Å². The molecule has 0 amide bonds. The van der Waals surface area contributed by atoms with Crippen LogP contribution in [0.4, 0.5) is 0 Å². The van der Waals surface area contributed by atoms with Crippen LogP contribution in [-0.4, -0.2) is 18.8 Å². The number of pyridine rings is 1. The van der Waals surface area contributed by atoms with Crippen LogP contribution in [0, 0.1) is 18.3 Å². The van der Waals surface area contributed by atoms with Crippen LogP contribution in [-0.2, 0) is 7.05 Å². The Bertz CT molecular complexity index is 1010. The number of nitrogens with zero attached hydrogens (tertiary/aromatic N) is 2. The van der Waals surface area contributed by atoms with Crippen LogP contribution in [0.2, 0.25) is 0 Å². The third-order valence-corrected chi connectivity index (χ3v) is 4.60. The van der Waals surface area contributed by atoms with Gasteiger partial charge < -0.3 is 24.5 Å². The van der Waals surface area contributed by atoms with E-state index in [-0.39, 0.29) is 17.0 Å². The van der Waals surface area contributed by atoms with Gasteiger partial charge in [-0.1, -0.05) is 6.07 Å². The molecular weight excluding hydrogens is 334 g/mol. The summed E-state index contributed by atoms with van der Waals surface area (Å²) in [7, 11) is 4.74. The van der Waals surface area contributed by atoms with Crippen molar-refractivity contribution in [3.05, 3.63) is 62.9 Å². The number of hydrogen-bond donors (Lipinski definition) is 1. The molecule has 1 aromatic carbocycles. The van der Waals surface area contributed by atoms with Gasteiger partial charge in [-0.15, -0.1) is 0 Å². The van der Waals surface area contributed by atoms with Gasteiger partial charge in [-0.3, -0.25) is 4.79 Å². The fraction of sp³-hybridized carbons (Fsp3) is 0.263. The van der Waals surface area contributed by atoms with E-state index >= 15 is 0 Å². The number of hydrogen-bond acceptors (Lipinski definition) is 6. The van der Waals surface area contributed by atoms with Gasteiger partial charge in [0, 0.05) is 30.4 Å². The van der Waals surface area contributed by atoms with Crippen molar-refractivity contribution in [3.8, 4) is 23.3 Å². The highest BCUT2D eigenvalue weighted by Crippen LogP contribution is 2.44. The highest BCUT2D eigenvalue weighted by Gasteiger charge is 2.35. The number of nitriles is 1. The second-order valence-electron chi connectivity index (χ2n) is 5.96. The van der Waals surface area contributed by atoms with Crippen molar-refractivity contribution < 1.29 is 14.2 Å². The van der Waals surface area contributed by atoms with Gasteiger partial charge >= 0.3 is 0 Å². The average Bonchev–Trinajstić information content (AvgIpc) is 2.64. The summed E-state index contributed by atoms with van der Waals surface area (Å²) in [4.78, 5) is 13.0. The van der Waals surface area contributed by atoms with Crippen LogP contribution < -0.4 is 25.5 Å². The minimum atomic E-state index is -0.691. The maximum absolute atomic E-state index is 13.0. The number of methoxy groups -OCH3 is 2. The molecular formula is C19H19N3O4. The number of aryl methyl sites for hydroxylation is 1. The number of nitrogens with two attached hydrogens (primary N) is 1. The van der Waals surface area contributed by atoms with E-state index in [1.165, 1.54) is 11.7 Å². The molecule has 1 atom stereocenters. The minimum Gasteiger partial charge on any atom is -0.497 e. The molecule has 134 valence electrons. The lowest BCUT2D eigenvalue weighted by atomic mass is 9.83. The summed E-state index contributed by atoms with van der Waals surface area (Å²) in [6.45, 7) is 1.80. The molecule has 3 rings (SSSR count). The van der Waals surface area contributed by atoms with Crippen molar-refractivity contribution in [3.63, 3.8) is 0 Å². The fourth-order valence-electron chi connectivity index (χ4n) is 3.11. The van der Waals surface area contributed by atoms with Gasteiger partial charge in [0.25, 0.3) is 5.56 Å². The molecule has 7 nitrogen and oxygen atoms in total. The SMILES string of the molecule is COc1ccc([C@@H]2C(C#N)=C(N)Oc3cc(C)n(C)c(=O)c32)c(OC)c1. The van der Waals surface area contributed by atoms with Crippen LogP contribution in [0.3, 0.4) is 0 Å². The highest BCUT2D eigenvalue weighted by molar-refractivity contribution is 5.59. The second kappa shape index (κ2) is 6.48. The van der Waals surface area contributed by atoms with Gasteiger partial charge in [0.05, 0.1) is 25.7 Å². The Morgan fingerprint density at radius 3 is 2.62 bits per heavy atom. The molecule has 0 spiro atoms. The van der Waals surface area contributed by atoms with E-state index in [9.17, 15) is 10.1 Å². The molecule has 2 N–H and O–H groups in total. The molecule has 2 heterocycles. The molecule has 0 unspecified atom stereocenters. The normalized spacial score (nSPS) is 15.7. The summed E-state index contributed by atoms with van der Waals surface area (Å²) in [6, 6.07) is 9.03. The summed E-state index contributed by atoms with van der Waals surface area (Å²) in [6.07, 6.45) is 0.